The van der Waals surface area contributed by atoms with E-state index in [2.05, 4.69) is 15.5 Å². The molecule has 1 N–H and O–H groups in total. The molecule has 0 radical (unpaired) electrons. The molecule has 0 saturated heterocycles. The van der Waals surface area contributed by atoms with Gasteiger partial charge in [-0.15, -0.1) is 10.2 Å². The van der Waals surface area contributed by atoms with Gasteiger partial charge in [-0.25, -0.2) is 0 Å². The lowest BCUT2D eigenvalue weighted by Crippen LogP contribution is -2.04. The Kier molecular flexibility index (Phi) is 2.73. The van der Waals surface area contributed by atoms with E-state index in [-0.39, 0.29) is 5.91 Å². The highest BCUT2D eigenvalue weighted by Crippen LogP contribution is 2.25. The van der Waals surface area contributed by atoms with Crippen LogP contribution in [0, 0.1) is 0 Å². The number of hydrogen-bond donors (Lipinski definition) is 1. The van der Waals surface area contributed by atoms with Crippen LogP contribution >= 0.6 is 11.3 Å². The molecule has 2 rings (SSSR count). The minimum Gasteiger partial charge on any atom is -0.301 e. The molecule has 0 fully saturated rings. The summed E-state index contributed by atoms with van der Waals surface area (Å²) < 4.78 is 0. The topological polar surface area (TPSA) is 54.9 Å². The van der Waals surface area contributed by atoms with Gasteiger partial charge in [-0.3, -0.25) is 4.79 Å². The van der Waals surface area contributed by atoms with Crippen molar-refractivity contribution in [1.82, 2.24) is 10.2 Å². The zero-order chi connectivity index (χ0) is 10.7. The Hall–Kier alpha value is -1.75. The quantitative estimate of drug-likeness (QED) is 0.842. The van der Waals surface area contributed by atoms with Gasteiger partial charge >= 0.3 is 0 Å². The summed E-state index contributed by atoms with van der Waals surface area (Å²) in [4.78, 5) is 10.8. The molecule has 0 aliphatic heterocycles. The van der Waals surface area contributed by atoms with E-state index in [1.807, 2.05) is 30.3 Å². The van der Waals surface area contributed by atoms with Crippen molar-refractivity contribution in [2.24, 2.45) is 0 Å². The molecule has 5 heteroatoms. The van der Waals surface area contributed by atoms with Crippen LogP contribution in [0.1, 0.15) is 6.92 Å². The second kappa shape index (κ2) is 4.18. The highest BCUT2D eigenvalue weighted by Gasteiger charge is 2.06. The summed E-state index contributed by atoms with van der Waals surface area (Å²) in [6.45, 7) is 1.45. The van der Waals surface area contributed by atoms with Gasteiger partial charge in [0.2, 0.25) is 11.0 Å². The molecule has 4 nitrogen and oxygen atoms in total. The molecular formula is C10H9N3OS. The Morgan fingerprint density at radius 3 is 2.67 bits per heavy atom. The zero-order valence-electron chi connectivity index (χ0n) is 8.10. The first-order chi connectivity index (χ1) is 7.25. The molecule has 76 valence electrons. The van der Waals surface area contributed by atoms with Gasteiger partial charge in [0.05, 0.1) is 0 Å². The van der Waals surface area contributed by atoms with Crippen molar-refractivity contribution in [2.45, 2.75) is 6.92 Å². The fourth-order valence-corrected chi connectivity index (χ4v) is 1.92. The number of amides is 1. The van der Waals surface area contributed by atoms with E-state index < -0.39 is 0 Å². The highest BCUT2D eigenvalue weighted by atomic mass is 32.1. The van der Waals surface area contributed by atoms with Crippen LogP contribution in [0.5, 0.6) is 0 Å². The molecule has 0 spiro atoms. The van der Waals surface area contributed by atoms with Crippen molar-refractivity contribution in [3.8, 4) is 10.6 Å². The van der Waals surface area contributed by atoms with E-state index in [9.17, 15) is 4.79 Å². The number of benzene rings is 1. The molecule has 1 heterocycles. The molecular weight excluding hydrogens is 210 g/mol. The van der Waals surface area contributed by atoms with Crippen LogP contribution in [0.4, 0.5) is 5.13 Å². The van der Waals surface area contributed by atoms with Crippen LogP contribution < -0.4 is 5.32 Å². The van der Waals surface area contributed by atoms with Gasteiger partial charge in [0.15, 0.2) is 0 Å². The first kappa shape index (κ1) is 9.79. The first-order valence-corrected chi connectivity index (χ1v) is 5.24. The molecule has 1 aromatic heterocycles. The summed E-state index contributed by atoms with van der Waals surface area (Å²) >= 11 is 1.36. The van der Waals surface area contributed by atoms with Crippen molar-refractivity contribution in [3.63, 3.8) is 0 Å². The van der Waals surface area contributed by atoms with Crippen molar-refractivity contribution < 1.29 is 4.79 Å². The third-order valence-electron chi connectivity index (χ3n) is 1.73. The number of aromatic nitrogens is 2. The molecule has 0 unspecified atom stereocenters. The third kappa shape index (κ3) is 2.38. The van der Waals surface area contributed by atoms with Gasteiger partial charge < -0.3 is 5.32 Å². The molecule has 0 aliphatic carbocycles. The van der Waals surface area contributed by atoms with Gasteiger partial charge in [0, 0.05) is 12.5 Å². The lowest BCUT2D eigenvalue weighted by atomic mass is 10.2. The summed E-state index contributed by atoms with van der Waals surface area (Å²) in [5.41, 5.74) is 1.01. The van der Waals surface area contributed by atoms with Gasteiger partial charge in [-0.05, 0) is 0 Å². The fraction of sp³-hybridized carbons (Fsp3) is 0.100. The molecule has 0 aliphatic rings. The Labute approximate surface area is 91.0 Å². The van der Waals surface area contributed by atoms with Crippen LogP contribution in [-0.4, -0.2) is 16.1 Å². The minimum absolute atomic E-state index is 0.134. The number of carbonyl (C=O) groups is 1. The number of rotatable bonds is 2. The summed E-state index contributed by atoms with van der Waals surface area (Å²) in [6, 6.07) is 9.74. The van der Waals surface area contributed by atoms with Gasteiger partial charge in [-0.2, -0.15) is 0 Å². The maximum Gasteiger partial charge on any atom is 0.223 e. The van der Waals surface area contributed by atoms with E-state index in [0.717, 1.165) is 10.6 Å². The lowest BCUT2D eigenvalue weighted by molar-refractivity contribution is -0.114. The Morgan fingerprint density at radius 1 is 1.27 bits per heavy atom. The van der Waals surface area contributed by atoms with Gasteiger partial charge in [0.25, 0.3) is 0 Å². The number of carbonyl (C=O) groups excluding carboxylic acids is 1. The average Bonchev–Trinajstić information content (AvgIpc) is 2.67. The SMILES string of the molecule is CC(=O)Nc1nnc(-c2ccccc2)s1. The molecule has 0 bridgehead atoms. The van der Waals surface area contributed by atoms with Crippen LogP contribution in [0.25, 0.3) is 10.6 Å². The smallest absolute Gasteiger partial charge is 0.223 e. The second-order valence-corrected chi connectivity index (χ2v) is 3.94. The molecule has 0 saturated carbocycles. The van der Waals surface area contributed by atoms with Crippen molar-refractivity contribution in [3.05, 3.63) is 30.3 Å². The summed E-state index contributed by atoms with van der Waals surface area (Å²) in [5.74, 6) is -0.134. The fourth-order valence-electron chi connectivity index (χ4n) is 1.12. The molecule has 15 heavy (non-hydrogen) atoms. The summed E-state index contributed by atoms with van der Waals surface area (Å²) in [7, 11) is 0. The van der Waals surface area contributed by atoms with Crippen LogP contribution in [0.3, 0.4) is 0 Å². The number of nitrogens with zero attached hydrogens (tertiary/aromatic N) is 2. The average molecular weight is 219 g/mol. The van der Waals surface area contributed by atoms with Crippen molar-refractivity contribution in [2.75, 3.05) is 5.32 Å². The van der Waals surface area contributed by atoms with Gasteiger partial charge in [0.1, 0.15) is 5.01 Å². The van der Waals surface area contributed by atoms with Crippen LogP contribution in [0.2, 0.25) is 0 Å². The monoisotopic (exact) mass is 219 g/mol. The van der Waals surface area contributed by atoms with E-state index >= 15 is 0 Å². The summed E-state index contributed by atoms with van der Waals surface area (Å²) in [6.07, 6.45) is 0. The molecule has 1 aromatic carbocycles. The minimum atomic E-state index is -0.134. The number of hydrogen-bond acceptors (Lipinski definition) is 4. The predicted octanol–water partition coefficient (Wildman–Crippen LogP) is 2.16. The Bertz CT molecular complexity index is 467. The summed E-state index contributed by atoms with van der Waals surface area (Å²) in [5, 5.41) is 11.8. The van der Waals surface area contributed by atoms with Crippen molar-refractivity contribution in [1.29, 1.82) is 0 Å². The predicted molar refractivity (Wildman–Crippen MR) is 59.6 cm³/mol. The standard InChI is InChI=1S/C10H9N3OS/c1-7(14)11-10-13-12-9(15-10)8-5-3-2-4-6-8/h2-6H,1H3,(H,11,13,14). The normalized spacial score (nSPS) is 9.93. The Balaban J connectivity index is 2.24. The van der Waals surface area contributed by atoms with Crippen LogP contribution in [-0.2, 0) is 4.79 Å². The second-order valence-electron chi connectivity index (χ2n) is 2.96. The van der Waals surface area contributed by atoms with E-state index in [1.165, 1.54) is 18.3 Å². The Morgan fingerprint density at radius 2 is 2.00 bits per heavy atom. The highest BCUT2D eigenvalue weighted by molar-refractivity contribution is 7.18. The molecule has 2 aromatic rings. The van der Waals surface area contributed by atoms with Gasteiger partial charge in [-0.1, -0.05) is 41.7 Å². The third-order valence-corrected chi connectivity index (χ3v) is 2.62. The zero-order valence-corrected chi connectivity index (χ0v) is 8.91. The maximum atomic E-state index is 10.8. The largest absolute Gasteiger partial charge is 0.301 e. The number of anilines is 1. The first-order valence-electron chi connectivity index (χ1n) is 4.42. The maximum absolute atomic E-state index is 10.8. The van der Waals surface area contributed by atoms with Crippen molar-refractivity contribution >= 4 is 22.4 Å². The molecule has 1 amide bonds. The van der Waals surface area contributed by atoms with E-state index in [4.69, 9.17) is 0 Å². The lowest BCUT2D eigenvalue weighted by Gasteiger charge is -1.92. The number of nitrogens with one attached hydrogen (secondary N) is 1. The van der Waals surface area contributed by atoms with E-state index in [0.29, 0.717) is 5.13 Å². The molecule has 0 atom stereocenters. The van der Waals surface area contributed by atoms with E-state index in [1.54, 1.807) is 0 Å². The van der Waals surface area contributed by atoms with Crippen LogP contribution in [0.15, 0.2) is 30.3 Å².